The number of amides is 1. The molecule has 0 saturated carbocycles. The molecule has 25 heavy (non-hydrogen) atoms. The van der Waals surface area contributed by atoms with Crippen LogP contribution in [0.15, 0.2) is 30.5 Å². The maximum atomic E-state index is 12.4. The van der Waals surface area contributed by atoms with Gasteiger partial charge in [0.2, 0.25) is 15.9 Å². The van der Waals surface area contributed by atoms with Crippen molar-refractivity contribution in [1.82, 2.24) is 15.0 Å². The van der Waals surface area contributed by atoms with Crippen LogP contribution in [-0.2, 0) is 21.2 Å². The molecule has 0 fully saturated rings. The summed E-state index contributed by atoms with van der Waals surface area (Å²) >= 11 is 1.59. The fourth-order valence-electron chi connectivity index (χ4n) is 2.56. The highest BCUT2D eigenvalue weighted by molar-refractivity contribution is 7.98. The van der Waals surface area contributed by atoms with E-state index in [9.17, 15) is 13.2 Å². The lowest BCUT2D eigenvalue weighted by atomic mass is 10.1. The Labute approximate surface area is 153 Å². The van der Waals surface area contributed by atoms with Crippen molar-refractivity contribution in [2.45, 2.75) is 25.8 Å². The van der Waals surface area contributed by atoms with Crippen LogP contribution in [0.2, 0.25) is 0 Å². The van der Waals surface area contributed by atoms with E-state index >= 15 is 0 Å². The maximum absolute atomic E-state index is 12.4. The normalized spacial score (nSPS) is 13.0. The quantitative estimate of drug-likeness (QED) is 0.584. The average Bonchev–Trinajstić information content (AvgIpc) is 3.02. The van der Waals surface area contributed by atoms with Crippen LogP contribution >= 0.6 is 11.8 Å². The van der Waals surface area contributed by atoms with E-state index in [1.165, 1.54) is 0 Å². The van der Waals surface area contributed by atoms with Crippen LogP contribution < -0.4 is 10.0 Å². The molecule has 8 heteroatoms. The number of sulfonamides is 1. The first-order valence-corrected chi connectivity index (χ1v) is 11.3. The van der Waals surface area contributed by atoms with Crippen molar-refractivity contribution in [2.75, 3.05) is 24.3 Å². The van der Waals surface area contributed by atoms with Crippen molar-refractivity contribution in [1.29, 1.82) is 0 Å². The fourth-order valence-corrected chi connectivity index (χ4v) is 3.86. The molecule has 0 saturated heterocycles. The highest BCUT2D eigenvalue weighted by atomic mass is 32.2. The van der Waals surface area contributed by atoms with Crippen LogP contribution in [0.25, 0.3) is 10.9 Å². The number of aromatic amines is 1. The van der Waals surface area contributed by atoms with Gasteiger partial charge in [0.25, 0.3) is 0 Å². The summed E-state index contributed by atoms with van der Waals surface area (Å²) in [6, 6.07) is 7.28. The van der Waals surface area contributed by atoms with E-state index in [1.807, 2.05) is 36.7 Å². The second kappa shape index (κ2) is 9.26. The van der Waals surface area contributed by atoms with E-state index in [4.69, 9.17) is 0 Å². The summed E-state index contributed by atoms with van der Waals surface area (Å²) in [6.45, 7) is 2.02. The van der Waals surface area contributed by atoms with E-state index in [2.05, 4.69) is 15.0 Å². The Hall–Kier alpha value is -1.51. The monoisotopic (exact) mass is 383 g/mol. The summed E-state index contributed by atoms with van der Waals surface area (Å²) in [6.07, 6.45) is 5.03. The molecule has 138 valence electrons. The second-order valence-electron chi connectivity index (χ2n) is 5.76. The van der Waals surface area contributed by atoms with Crippen LogP contribution in [0.3, 0.4) is 0 Å². The van der Waals surface area contributed by atoms with Crippen molar-refractivity contribution >= 4 is 38.6 Å². The van der Waals surface area contributed by atoms with Crippen molar-refractivity contribution in [2.24, 2.45) is 0 Å². The lowest BCUT2D eigenvalue weighted by molar-refractivity contribution is -0.122. The summed E-state index contributed by atoms with van der Waals surface area (Å²) in [5.74, 6) is 0.406. The molecule has 2 rings (SSSR count). The summed E-state index contributed by atoms with van der Waals surface area (Å²) in [4.78, 5) is 15.6. The van der Waals surface area contributed by atoms with Crippen LogP contribution in [0.1, 0.15) is 18.9 Å². The highest BCUT2D eigenvalue weighted by Gasteiger charge is 2.22. The Kier molecular flexibility index (Phi) is 7.34. The molecule has 1 unspecified atom stereocenters. The van der Waals surface area contributed by atoms with Gasteiger partial charge >= 0.3 is 0 Å². The number of nitrogens with one attached hydrogen (secondary N) is 3. The number of para-hydroxylation sites is 1. The van der Waals surface area contributed by atoms with Gasteiger partial charge in [0.15, 0.2) is 0 Å². The van der Waals surface area contributed by atoms with Gasteiger partial charge in [-0.05, 0) is 43.4 Å². The van der Waals surface area contributed by atoms with Gasteiger partial charge in [-0.2, -0.15) is 11.8 Å². The zero-order valence-corrected chi connectivity index (χ0v) is 16.2. The van der Waals surface area contributed by atoms with Crippen molar-refractivity contribution < 1.29 is 13.2 Å². The number of carbonyl (C=O) groups is 1. The van der Waals surface area contributed by atoms with E-state index in [0.29, 0.717) is 25.1 Å². The van der Waals surface area contributed by atoms with Crippen molar-refractivity contribution in [3.05, 3.63) is 36.0 Å². The van der Waals surface area contributed by atoms with Gasteiger partial charge in [-0.3, -0.25) is 4.79 Å². The maximum Gasteiger partial charge on any atom is 0.238 e. The summed E-state index contributed by atoms with van der Waals surface area (Å²) in [5.41, 5.74) is 2.20. The summed E-state index contributed by atoms with van der Waals surface area (Å²) in [7, 11) is -3.42. The standard InChI is InChI=1S/C17H25N3O3S2/c1-3-25(22,23)20-16(9-11-24-2)17(21)18-10-8-13-12-19-15-7-5-4-6-14(13)15/h4-7,12,16,19-20H,3,8-11H2,1-2H3,(H,18,21). The molecule has 2 aromatic rings. The molecule has 0 spiro atoms. The minimum absolute atomic E-state index is 0.0363. The molecule has 0 aliphatic rings. The third kappa shape index (κ3) is 5.76. The number of fused-ring (bicyclic) bond motifs is 1. The first-order chi connectivity index (χ1) is 12.0. The fraction of sp³-hybridized carbons (Fsp3) is 0.471. The molecule has 1 heterocycles. The number of benzene rings is 1. The van der Waals surface area contributed by atoms with Crippen molar-refractivity contribution in [3.8, 4) is 0 Å². The summed E-state index contributed by atoms with van der Waals surface area (Å²) < 4.78 is 26.1. The molecule has 1 amide bonds. The third-order valence-corrected chi connectivity index (χ3v) is 6.05. The highest BCUT2D eigenvalue weighted by Crippen LogP contribution is 2.17. The molecule has 0 aliphatic carbocycles. The summed E-state index contributed by atoms with van der Waals surface area (Å²) in [5, 5.41) is 3.99. The lowest BCUT2D eigenvalue weighted by Crippen LogP contribution is -2.47. The zero-order chi connectivity index (χ0) is 18.3. The van der Waals surface area contributed by atoms with E-state index in [1.54, 1.807) is 18.7 Å². The topological polar surface area (TPSA) is 91.1 Å². The Morgan fingerprint density at radius 3 is 2.80 bits per heavy atom. The minimum atomic E-state index is -3.42. The number of carbonyl (C=O) groups excluding carboxylic acids is 1. The van der Waals surface area contributed by atoms with Crippen LogP contribution in [-0.4, -0.2) is 49.7 Å². The molecule has 0 radical (unpaired) electrons. The smallest absolute Gasteiger partial charge is 0.238 e. The van der Waals surface area contributed by atoms with Gasteiger partial charge in [0.1, 0.15) is 6.04 Å². The Bertz CT molecular complexity index is 802. The van der Waals surface area contributed by atoms with Gasteiger partial charge in [-0.25, -0.2) is 13.1 Å². The first kappa shape index (κ1) is 19.8. The predicted octanol–water partition coefficient (Wildman–Crippen LogP) is 1.89. The SMILES string of the molecule is CCS(=O)(=O)NC(CCSC)C(=O)NCCc1c[nH]c2ccccc12. The number of hydrogen-bond donors (Lipinski definition) is 3. The lowest BCUT2D eigenvalue weighted by Gasteiger charge is -2.17. The van der Waals surface area contributed by atoms with Gasteiger partial charge in [-0.15, -0.1) is 0 Å². The number of aromatic nitrogens is 1. The average molecular weight is 384 g/mol. The minimum Gasteiger partial charge on any atom is -0.361 e. The van der Waals surface area contributed by atoms with E-state index in [0.717, 1.165) is 16.5 Å². The van der Waals surface area contributed by atoms with E-state index in [-0.39, 0.29) is 11.7 Å². The first-order valence-electron chi connectivity index (χ1n) is 8.28. The second-order valence-corrected chi connectivity index (χ2v) is 8.78. The number of hydrogen-bond acceptors (Lipinski definition) is 4. The molecule has 1 aromatic carbocycles. The molecule has 3 N–H and O–H groups in total. The molecule has 0 aliphatic heterocycles. The number of H-pyrrole nitrogens is 1. The zero-order valence-electron chi connectivity index (χ0n) is 14.5. The Morgan fingerprint density at radius 2 is 2.08 bits per heavy atom. The molecule has 1 aromatic heterocycles. The van der Waals surface area contributed by atoms with Gasteiger partial charge in [0.05, 0.1) is 5.75 Å². The van der Waals surface area contributed by atoms with Crippen LogP contribution in [0.5, 0.6) is 0 Å². The van der Waals surface area contributed by atoms with Gasteiger partial charge in [-0.1, -0.05) is 18.2 Å². The van der Waals surface area contributed by atoms with Gasteiger partial charge < -0.3 is 10.3 Å². The van der Waals surface area contributed by atoms with Gasteiger partial charge in [0, 0.05) is 23.6 Å². The third-order valence-electron chi connectivity index (χ3n) is 4.00. The largest absolute Gasteiger partial charge is 0.361 e. The Balaban J connectivity index is 1.93. The molecular weight excluding hydrogens is 358 g/mol. The Morgan fingerprint density at radius 1 is 1.32 bits per heavy atom. The van der Waals surface area contributed by atoms with Crippen LogP contribution in [0.4, 0.5) is 0 Å². The molecule has 6 nitrogen and oxygen atoms in total. The number of thioether (sulfide) groups is 1. The molecule has 0 bridgehead atoms. The number of rotatable bonds is 10. The van der Waals surface area contributed by atoms with Crippen LogP contribution in [0, 0.1) is 0 Å². The predicted molar refractivity (Wildman–Crippen MR) is 104 cm³/mol. The van der Waals surface area contributed by atoms with Crippen molar-refractivity contribution in [3.63, 3.8) is 0 Å². The molecule has 1 atom stereocenters. The molecular formula is C17H25N3O3S2. The van der Waals surface area contributed by atoms with E-state index < -0.39 is 16.1 Å².